The first kappa shape index (κ1) is 34.2. The zero-order chi connectivity index (χ0) is 34.4. The van der Waals surface area contributed by atoms with E-state index in [4.69, 9.17) is 14.2 Å². The molecule has 4 aromatic carbocycles. The van der Waals surface area contributed by atoms with Crippen LogP contribution in [0.1, 0.15) is 42.1 Å². The third kappa shape index (κ3) is 9.68. The second-order valence-corrected chi connectivity index (χ2v) is 11.3. The van der Waals surface area contributed by atoms with E-state index in [9.17, 15) is 24.4 Å². The van der Waals surface area contributed by atoms with Gasteiger partial charge in [0.15, 0.2) is 6.04 Å². The minimum absolute atomic E-state index is 0.0231. The zero-order valence-corrected chi connectivity index (χ0v) is 26.8. The topological polar surface area (TPSA) is 138 Å². The van der Waals surface area contributed by atoms with E-state index in [-0.39, 0.29) is 44.9 Å². The molecule has 0 aliphatic carbocycles. The average Bonchev–Trinajstić information content (AvgIpc) is 3.13. The van der Waals surface area contributed by atoms with Gasteiger partial charge in [-0.15, -0.1) is 0 Å². The molecule has 1 aliphatic heterocycles. The van der Waals surface area contributed by atoms with Crippen molar-refractivity contribution in [3.05, 3.63) is 132 Å². The minimum Gasteiger partial charge on any atom is -0.457 e. The molecule has 0 spiro atoms. The fourth-order valence-corrected chi connectivity index (χ4v) is 5.33. The van der Waals surface area contributed by atoms with Crippen molar-refractivity contribution in [3.63, 3.8) is 0 Å². The van der Waals surface area contributed by atoms with Gasteiger partial charge in [-0.25, -0.2) is 19.6 Å². The highest BCUT2D eigenvalue weighted by molar-refractivity contribution is 5.87. The predicted octanol–water partition coefficient (Wildman–Crippen LogP) is 5.88. The fraction of sp³-hybridized carbons (Fsp3) is 0.237. The summed E-state index contributed by atoms with van der Waals surface area (Å²) >= 11 is 0. The molecule has 1 fully saturated rings. The summed E-state index contributed by atoms with van der Waals surface area (Å²) in [6.45, 7) is 0.0511. The smallest absolute Gasteiger partial charge is 0.429 e. The normalized spacial score (nSPS) is 14.6. The van der Waals surface area contributed by atoms with E-state index in [0.717, 1.165) is 21.1 Å². The Morgan fingerprint density at radius 1 is 0.837 bits per heavy atom. The summed E-state index contributed by atoms with van der Waals surface area (Å²) in [5.41, 5.74) is 1.94. The van der Waals surface area contributed by atoms with Crippen molar-refractivity contribution in [3.8, 4) is 17.6 Å². The zero-order valence-electron chi connectivity index (χ0n) is 26.8. The Bertz CT molecular complexity index is 1760. The lowest BCUT2D eigenvalue weighted by atomic mass is 10.1. The van der Waals surface area contributed by atoms with E-state index in [1.807, 2.05) is 72.8 Å². The molecule has 4 aromatic rings. The summed E-state index contributed by atoms with van der Waals surface area (Å²) in [6.07, 6.45) is -1.64. The van der Waals surface area contributed by atoms with Gasteiger partial charge in [0.25, 0.3) is 0 Å². The number of carbonyl (C=O) groups excluding carboxylic acids is 4. The second kappa shape index (κ2) is 17.1. The highest BCUT2D eigenvalue weighted by Crippen LogP contribution is 2.28. The number of hydrazine groups is 1. The van der Waals surface area contributed by atoms with Crippen molar-refractivity contribution < 1.29 is 33.4 Å². The van der Waals surface area contributed by atoms with Crippen molar-refractivity contribution >= 4 is 23.9 Å². The van der Waals surface area contributed by atoms with Crippen LogP contribution < -0.4 is 10.1 Å². The molecule has 0 unspecified atom stereocenters. The molecule has 250 valence electrons. The SMILES string of the molecule is N#C[C@H](OC(=O)[C@@H]1CCCN(C(=O)OCc2ccccc2)N1C(=O)CCNC(=O)Cc1ccccc1)c1cccc(Oc2ccccc2)c1. The first-order valence-electron chi connectivity index (χ1n) is 15.9. The number of benzene rings is 4. The predicted molar refractivity (Wildman–Crippen MR) is 178 cm³/mol. The molecule has 0 bridgehead atoms. The van der Waals surface area contributed by atoms with Gasteiger partial charge in [0, 0.05) is 25.1 Å². The third-order valence-corrected chi connectivity index (χ3v) is 7.71. The monoisotopic (exact) mass is 660 g/mol. The van der Waals surface area contributed by atoms with Gasteiger partial charge in [0.1, 0.15) is 24.2 Å². The van der Waals surface area contributed by atoms with Crippen LogP contribution in [0.15, 0.2) is 115 Å². The minimum atomic E-state index is -1.32. The molecule has 1 heterocycles. The number of amides is 3. The summed E-state index contributed by atoms with van der Waals surface area (Å²) in [6, 6.07) is 34.7. The lowest BCUT2D eigenvalue weighted by molar-refractivity contribution is -0.176. The first-order chi connectivity index (χ1) is 23.9. The quantitative estimate of drug-likeness (QED) is 0.186. The average molecular weight is 661 g/mol. The van der Waals surface area contributed by atoms with E-state index in [1.54, 1.807) is 48.5 Å². The largest absolute Gasteiger partial charge is 0.457 e. The van der Waals surface area contributed by atoms with Gasteiger partial charge in [-0.05, 0) is 48.2 Å². The molecule has 0 aromatic heterocycles. The molecule has 5 rings (SSSR count). The van der Waals surface area contributed by atoms with Crippen LogP contribution in [0.4, 0.5) is 4.79 Å². The van der Waals surface area contributed by atoms with E-state index < -0.39 is 30.1 Å². The molecule has 0 saturated carbocycles. The summed E-state index contributed by atoms with van der Waals surface area (Å²) in [4.78, 5) is 53.3. The summed E-state index contributed by atoms with van der Waals surface area (Å²) in [5, 5.41) is 14.9. The number of para-hydroxylation sites is 1. The first-order valence-corrected chi connectivity index (χ1v) is 15.9. The van der Waals surface area contributed by atoms with Crippen LogP contribution >= 0.6 is 0 Å². The summed E-state index contributed by atoms with van der Waals surface area (Å²) in [5.74, 6) is -0.691. The molecule has 11 heteroatoms. The van der Waals surface area contributed by atoms with E-state index in [2.05, 4.69) is 5.32 Å². The Labute approximate surface area is 284 Å². The maximum atomic E-state index is 13.7. The van der Waals surface area contributed by atoms with Crippen LogP contribution in [0, 0.1) is 11.3 Å². The van der Waals surface area contributed by atoms with Crippen molar-refractivity contribution in [1.29, 1.82) is 5.26 Å². The van der Waals surface area contributed by atoms with Gasteiger partial charge in [-0.1, -0.05) is 91.0 Å². The van der Waals surface area contributed by atoms with Crippen LogP contribution in [0.3, 0.4) is 0 Å². The summed E-state index contributed by atoms with van der Waals surface area (Å²) < 4.78 is 17.1. The Morgan fingerprint density at radius 3 is 2.18 bits per heavy atom. The molecular formula is C38H36N4O7. The number of esters is 1. The van der Waals surface area contributed by atoms with E-state index in [0.29, 0.717) is 23.5 Å². The number of hydrogen-bond donors (Lipinski definition) is 1. The molecule has 1 aliphatic rings. The lowest BCUT2D eigenvalue weighted by Crippen LogP contribution is -2.60. The highest BCUT2D eigenvalue weighted by Gasteiger charge is 2.42. The van der Waals surface area contributed by atoms with Gasteiger partial charge < -0.3 is 19.5 Å². The molecular weight excluding hydrogens is 624 g/mol. The Kier molecular flexibility index (Phi) is 12.0. The van der Waals surface area contributed by atoms with Gasteiger partial charge in [-0.3, -0.25) is 9.59 Å². The van der Waals surface area contributed by atoms with Crippen LogP contribution in [0.25, 0.3) is 0 Å². The number of nitriles is 1. The summed E-state index contributed by atoms with van der Waals surface area (Å²) in [7, 11) is 0. The standard InChI is InChI=1S/C38H36N4O7/c39-26-34(30-16-10-19-32(25-30)48-31-17-8-3-9-18-31)49-37(45)33-20-11-23-41(38(46)47-27-29-14-6-2-7-15-29)42(33)36(44)21-22-40-35(43)24-28-12-4-1-5-13-28/h1-10,12-19,25,33-34H,11,20-24,27H2,(H,40,43)/t33-,34-/m0/s1. The molecule has 2 atom stereocenters. The molecule has 49 heavy (non-hydrogen) atoms. The van der Waals surface area contributed by atoms with Crippen LogP contribution in [-0.4, -0.2) is 53.0 Å². The Hall–Kier alpha value is -6.15. The molecule has 1 N–H and O–H groups in total. The van der Waals surface area contributed by atoms with Gasteiger partial charge in [0.2, 0.25) is 17.9 Å². The second-order valence-electron chi connectivity index (χ2n) is 11.3. The fourth-order valence-electron chi connectivity index (χ4n) is 5.33. The van der Waals surface area contributed by atoms with E-state index >= 15 is 0 Å². The number of carbonyl (C=O) groups is 4. The van der Waals surface area contributed by atoms with Crippen molar-refractivity contribution in [2.45, 2.75) is 44.4 Å². The number of hydrogen-bond acceptors (Lipinski definition) is 8. The molecule has 3 amide bonds. The van der Waals surface area contributed by atoms with Gasteiger partial charge in [0.05, 0.1) is 6.42 Å². The number of nitrogens with one attached hydrogen (secondary N) is 1. The Morgan fingerprint density at radius 2 is 1.49 bits per heavy atom. The van der Waals surface area contributed by atoms with Gasteiger partial charge >= 0.3 is 12.1 Å². The molecule has 1 saturated heterocycles. The number of nitrogens with zero attached hydrogens (tertiary/aromatic N) is 3. The molecule has 11 nitrogen and oxygen atoms in total. The maximum absolute atomic E-state index is 13.7. The van der Waals surface area contributed by atoms with Crippen molar-refractivity contribution in [2.75, 3.05) is 13.1 Å². The van der Waals surface area contributed by atoms with Crippen LogP contribution in [-0.2, 0) is 36.9 Å². The van der Waals surface area contributed by atoms with Crippen LogP contribution in [0.2, 0.25) is 0 Å². The highest BCUT2D eigenvalue weighted by atomic mass is 16.6. The third-order valence-electron chi connectivity index (χ3n) is 7.71. The van der Waals surface area contributed by atoms with Crippen molar-refractivity contribution in [2.24, 2.45) is 0 Å². The van der Waals surface area contributed by atoms with Crippen molar-refractivity contribution in [1.82, 2.24) is 15.3 Å². The molecule has 0 radical (unpaired) electrons. The van der Waals surface area contributed by atoms with E-state index in [1.165, 1.54) is 0 Å². The number of rotatable bonds is 12. The van der Waals surface area contributed by atoms with Crippen LogP contribution in [0.5, 0.6) is 11.5 Å². The maximum Gasteiger partial charge on any atom is 0.429 e. The van der Waals surface area contributed by atoms with Gasteiger partial charge in [-0.2, -0.15) is 5.26 Å². The Balaban J connectivity index is 1.29. The number of ether oxygens (including phenoxy) is 3. The lowest BCUT2D eigenvalue weighted by Gasteiger charge is -2.42.